The zero-order valence-corrected chi connectivity index (χ0v) is 16.8. The molecular weight excluding hydrogens is 364 g/mol. The second-order valence-corrected chi connectivity index (χ2v) is 7.50. The van der Waals surface area contributed by atoms with Crippen molar-refractivity contribution in [2.45, 2.75) is 44.4 Å². The molecule has 1 N–H and O–H groups in total. The molecule has 0 amide bonds. The molecule has 0 radical (unpaired) electrons. The van der Waals surface area contributed by atoms with Gasteiger partial charge >= 0.3 is 0 Å². The Balaban J connectivity index is 1.36. The summed E-state index contributed by atoms with van der Waals surface area (Å²) in [5, 5.41) is 14.5. The summed E-state index contributed by atoms with van der Waals surface area (Å²) in [6.45, 7) is 2.20. The van der Waals surface area contributed by atoms with Crippen molar-refractivity contribution in [1.82, 2.24) is 4.98 Å². The predicted molar refractivity (Wildman–Crippen MR) is 113 cm³/mol. The van der Waals surface area contributed by atoms with Gasteiger partial charge in [-0.25, -0.2) is 4.98 Å². The number of aromatic nitrogens is 1. The topological polar surface area (TPSA) is 74.3 Å². The van der Waals surface area contributed by atoms with E-state index < -0.39 is 5.97 Å². The van der Waals surface area contributed by atoms with E-state index in [1.807, 2.05) is 36.4 Å². The molecule has 2 aromatic rings. The van der Waals surface area contributed by atoms with Crippen LogP contribution in [0.15, 0.2) is 60.3 Å². The van der Waals surface area contributed by atoms with Crippen molar-refractivity contribution in [3.05, 3.63) is 71.4 Å². The molecule has 1 aromatic carbocycles. The first-order valence-corrected chi connectivity index (χ1v) is 10.4. The molecule has 0 fully saturated rings. The summed E-state index contributed by atoms with van der Waals surface area (Å²) in [7, 11) is 0. The summed E-state index contributed by atoms with van der Waals surface area (Å²) >= 11 is 0. The Morgan fingerprint density at radius 2 is 2.00 bits per heavy atom. The number of benzene rings is 1. The van der Waals surface area contributed by atoms with Crippen LogP contribution >= 0.6 is 0 Å². The predicted octanol–water partition coefficient (Wildman–Crippen LogP) is 3.48. The van der Waals surface area contributed by atoms with E-state index in [1.54, 1.807) is 6.20 Å². The number of allylic oxidation sites excluding steroid dienone is 1. The van der Waals surface area contributed by atoms with Crippen LogP contribution in [0.25, 0.3) is 0 Å². The molecule has 0 saturated carbocycles. The fourth-order valence-corrected chi connectivity index (χ4v) is 3.78. The number of carboxylic acids is 1. The zero-order chi connectivity index (χ0) is 20.3. The number of carboxylic acid groups (broad SMARTS) is 1. The Labute approximate surface area is 172 Å². The maximum absolute atomic E-state index is 11.2. The van der Waals surface area contributed by atoms with Gasteiger partial charge in [0.15, 0.2) is 0 Å². The molecule has 0 saturated heterocycles. The fraction of sp³-hybridized carbons (Fsp3) is 0.417. The number of ether oxygens (including phenoxy) is 1. The number of hydrogen-bond donors (Lipinski definition) is 1. The van der Waals surface area contributed by atoms with Crippen LogP contribution in [0.3, 0.4) is 0 Å². The first kappa shape index (κ1) is 21.1. The van der Waals surface area contributed by atoms with Gasteiger partial charge in [-0.3, -0.25) is 0 Å². The number of fused-ring (bicyclic) bond motifs is 1. The molecule has 0 spiro atoms. The van der Waals surface area contributed by atoms with Crippen molar-refractivity contribution >= 4 is 11.8 Å². The Bertz CT molecular complexity index is 805. The maximum atomic E-state index is 11.2. The van der Waals surface area contributed by atoms with Crippen molar-refractivity contribution in [2.24, 2.45) is 0 Å². The molecule has 29 heavy (non-hydrogen) atoms. The molecule has 3 rings (SSSR count). The molecule has 0 bridgehead atoms. The summed E-state index contributed by atoms with van der Waals surface area (Å²) in [6.07, 6.45) is 8.77. The number of nitrogens with one attached hydrogen (secondary N) is 1. The van der Waals surface area contributed by atoms with Crippen LogP contribution in [0, 0.1) is 0 Å². The van der Waals surface area contributed by atoms with Crippen LogP contribution < -0.4 is 10.4 Å². The average molecular weight is 394 g/mol. The van der Waals surface area contributed by atoms with Crippen molar-refractivity contribution in [2.75, 3.05) is 25.1 Å². The summed E-state index contributed by atoms with van der Waals surface area (Å²) in [5.41, 5.74) is 3.52. The third-order valence-corrected chi connectivity index (χ3v) is 5.25. The highest BCUT2D eigenvalue weighted by molar-refractivity contribution is 5.66. The first-order chi connectivity index (χ1) is 14.2. The number of nitrogens with zero attached hydrogens (tertiary/aromatic N) is 1. The van der Waals surface area contributed by atoms with Gasteiger partial charge in [-0.15, -0.1) is 0 Å². The quantitative estimate of drug-likeness (QED) is 0.467. The van der Waals surface area contributed by atoms with Crippen LogP contribution in [-0.2, 0) is 16.0 Å². The second-order valence-electron chi connectivity index (χ2n) is 7.50. The molecule has 154 valence electrons. The zero-order valence-electron chi connectivity index (χ0n) is 16.8. The van der Waals surface area contributed by atoms with Crippen LogP contribution in [0.1, 0.15) is 49.1 Å². The van der Waals surface area contributed by atoms with E-state index >= 15 is 0 Å². The van der Waals surface area contributed by atoms with E-state index in [2.05, 4.69) is 22.4 Å². The molecule has 5 nitrogen and oxygen atoms in total. The monoisotopic (exact) mass is 393 g/mol. The van der Waals surface area contributed by atoms with Crippen LogP contribution in [0.5, 0.6) is 0 Å². The molecule has 1 aliphatic rings. The maximum Gasteiger partial charge on any atom is 0.125 e. The number of aliphatic carboxylic acids is 1. The minimum Gasteiger partial charge on any atom is -0.550 e. The third-order valence-electron chi connectivity index (χ3n) is 5.25. The standard InChI is InChI=1S/C24H30N2O3/c27-24(28)17-21-16-19(11-12-20-8-2-3-9-22(20)21)18-29-15-7-1-5-13-25-23-10-4-6-14-26-23/h2-4,6,8-11,14,21H,1,5,7,12-13,15-18H2,(H,25,26)(H,27,28)/p-1. The molecule has 1 unspecified atom stereocenters. The van der Waals surface area contributed by atoms with E-state index in [1.165, 1.54) is 11.1 Å². The number of pyridine rings is 1. The third kappa shape index (κ3) is 7.02. The van der Waals surface area contributed by atoms with Gasteiger partial charge in [0.25, 0.3) is 0 Å². The van der Waals surface area contributed by atoms with Gasteiger partial charge in [-0.1, -0.05) is 36.4 Å². The van der Waals surface area contributed by atoms with Crippen molar-refractivity contribution < 1.29 is 14.6 Å². The summed E-state index contributed by atoms with van der Waals surface area (Å²) in [4.78, 5) is 15.4. The highest BCUT2D eigenvalue weighted by Gasteiger charge is 2.20. The lowest BCUT2D eigenvalue weighted by atomic mass is 9.88. The number of carbonyl (C=O) groups is 1. The average Bonchev–Trinajstić information content (AvgIpc) is 2.90. The van der Waals surface area contributed by atoms with E-state index in [-0.39, 0.29) is 12.3 Å². The van der Waals surface area contributed by atoms with E-state index in [0.717, 1.165) is 56.6 Å². The van der Waals surface area contributed by atoms with E-state index in [9.17, 15) is 9.90 Å². The Hall–Kier alpha value is -2.66. The van der Waals surface area contributed by atoms with Gasteiger partial charge in [-0.2, -0.15) is 0 Å². The van der Waals surface area contributed by atoms with E-state index in [4.69, 9.17) is 4.74 Å². The van der Waals surface area contributed by atoms with Crippen molar-refractivity contribution in [3.8, 4) is 0 Å². The Morgan fingerprint density at radius 1 is 1.14 bits per heavy atom. The molecule has 1 aliphatic carbocycles. The summed E-state index contributed by atoms with van der Waals surface area (Å²) < 4.78 is 5.88. The van der Waals surface area contributed by atoms with Gasteiger partial charge in [0.2, 0.25) is 0 Å². The summed E-state index contributed by atoms with van der Waals surface area (Å²) in [6, 6.07) is 14.0. The van der Waals surface area contributed by atoms with E-state index in [0.29, 0.717) is 6.61 Å². The van der Waals surface area contributed by atoms with Gasteiger partial charge in [-0.05, 0) is 73.3 Å². The van der Waals surface area contributed by atoms with Crippen molar-refractivity contribution in [3.63, 3.8) is 0 Å². The second kappa shape index (κ2) is 11.4. The molecular formula is C24H29N2O3-. The number of carbonyl (C=O) groups excluding carboxylic acids is 1. The van der Waals surface area contributed by atoms with Gasteiger partial charge < -0.3 is 20.0 Å². The SMILES string of the molecule is O=C([O-])CC1CC(COCCCCCNc2ccccn2)=CCc2ccccc21. The smallest absolute Gasteiger partial charge is 0.125 e. The normalized spacial score (nSPS) is 15.9. The van der Waals surface area contributed by atoms with Gasteiger partial charge in [0.1, 0.15) is 5.82 Å². The van der Waals surface area contributed by atoms with Crippen LogP contribution in [-0.4, -0.2) is 30.7 Å². The lowest BCUT2D eigenvalue weighted by Gasteiger charge is -2.20. The largest absolute Gasteiger partial charge is 0.550 e. The molecule has 1 aromatic heterocycles. The van der Waals surface area contributed by atoms with Crippen LogP contribution in [0.2, 0.25) is 0 Å². The van der Waals surface area contributed by atoms with Crippen molar-refractivity contribution in [1.29, 1.82) is 0 Å². The number of hydrogen-bond acceptors (Lipinski definition) is 5. The van der Waals surface area contributed by atoms with Gasteiger partial charge in [0, 0.05) is 25.3 Å². The van der Waals surface area contributed by atoms with Crippen LogP contribution in [0.4, 0.5) is 5.82 Å². The lowest BCUT2D eigenvalue weighted by molar-refractivity contribution is -0.306. The molecule has 1 atom stereocenters. The molecule has 0 aliphatic heterocycles. The highest BCUT2D eigenvalue weighted by atomic mass is 16.5. The highest BCUT2D eigenvalue weighted by Crippen LogP contribution is 2.33. The molecule has 5 heteroatoms. The van der Waals surface area contributed by atoms with Gasteiger partial charge in [0.05, 0.1) is 6.61 Å². The number of rotatable bonds is 11. The minimum absolute atomic E-state index is 0.0359. The minimum atomic E-state index is -0.994. The first-order valence-electron chi connectivity index (χ1n) is 10.4. The lowest BCUT2D eigenvalue weighted by Crippen LogP contribution is -2.25. The fourth-order valence-electron chi connectivity index (χ4n) is 3.78. The molecule has 1 heterocycles. The number of unbranched alkanes of at least 4 members (excludes halogenated alkanes) is 2. The Kier molecular flexibility index (Phi) is 8.25. The summed E-state index contributed by atoms with van der Waals surface area (Å²) in [5.74, 6) is -0.117. The number of anilines is 1. The Morgan fingerprint density at radius 3 is 2.83 bits per heavy atom.